The molecule has 0 unspecified atom stereocenters. The molecule has 1 aromatic carbocycles. The molecule has 0 saturated carbocycles. The minimum absolute atomic E-state index is 0.0100. The SMILES string of the molecule is O=C(c1ccc(F)cc1)C1(Br)CCOCC1. The number of rotatable bonds is 2. The van der Waals surface area contributed by atoms with Crippen LogP contribution < -0.4 is 0 Å². The molecule has 0 aliphatic carbocycles. The highest BCUT2D eigenvalue weighted by atomic mass is 79.9. The molecule has 86 valence electrons. The summed E-state index contributed by atoms with van der Waals surface area (Å²) >= 11 is 3.49. The molecule has 1 heterocycles. The molecule has 0 aromatic heterocycles. The van der Waals surface area contributed by atoms with Gasteiger partial charge in [0.1, 0.15) is 5.82 Å². The average molecular weight is 287 g/mol. The average Bonchev–Trinajstić information content (AvgIpc) is 2.30. The van der Waals surface area contributed by atoms with Crippen molar-refractivity contribution < 1.29 is 13.9 Å². The van der Waals surface area contributed by atoms with Gasteiger partial charge < -0.3 is 4.74 Å². The molecule has 16 heavy (non-hydrogen) atoms. The number of ether oxygens (including phenoxy) is 1. The van der Waals surface area contributed by atoms with Gasteiger partial charge in [0, 0.05) is 18.8 Å². The fourth-order valence-corrected chi connectivity index (χ4v) is 2.33. The van der Waals surface area contributed by atoms with Crippen molar-refractivity contribution in [3.63, 3.8) is 0 Å². The normalized spacial score (nSPS) is 19.4. The van der Waals surface area contributed by atoms with Crippen LogP contribution in [0.4, 0.5) is 4.39 Å². The fraction of sp³-hybridized carbons (Fsp3) is 0.417. The van der Waals surface area contributed by atoms with Crippen LogP contribution in [-0.4, -0.2) is 23.3 Å². The van der Waals surface area contributed by atoms with Crippen molar-refractivity contribution in [2.24, 2.45) is 0 Å². The molecule has 1 aromatic rings. The lowest BCUT2D eigenvalue weighted by molar-refractivity contribution is 0.0638. The van der Waals surface area contributed by atoms with Gasteiger partial charge in [0.05, 0.1) is 4.32 Å². The Morgan fingerprint density at radius 1 is 1.25 bits per heavy atom. The molecule has 0 radical (unpaired) electrons. The molecule has 4 heteroatoms. The van der Waals surface area contributed by atoms with Crippen LogP contribution in [0.3, 0.4) is 0 Å². The van der Waals surface area contributed by atoms with Gasteiger partial charge in [-0.2, -0.15) is 0 Å². The highest BCUT2D eigenvalue weighted by Gasteiger charge is 2.37. The predicted molar refractivity (Wildman–Crippen MR) is 62.4 cm³/mol. The maximum absolute atomic E-state index is 12.7. The van der Waals surface area contributed by atoms with E-state index in [1.54, 1.807) is 0 Å². The van der Waals surface area contributed by atoms with Crippen LogP contribution in [0.5, 0.6) is 0 Å². The predicted octanol–water partition coefficient (Wildman–Crippen LogP) is 2.95. The Kier molecular flexibility index (Phi) is 3.40. The van der Waals surface area contributed by atoms with E-state index in [1.165, 1.54) is 24.3 Å². The lowest BCUT2D eigenvalue weighted by Gasteiger charge is -2.30. The summed E-state index contributed by atoms with van der Waals surface area (Å²) in [5.74, 6) is -0.317. The van der Waals surface area contributed by atoms with Crippen LogP contribution in [0.15, 0.2) is 24.3 Å². The Morgan fingerprint density at radius 3 is 2.38 bits per heavy atom. The highest BCUT2D eigenvalue weighted by molar-refractivity contribution is 9.10. The summed E-state index contributed by atoms with van der Waals surface area (Å²) in [6.45, 7) is 1.16. The van der Waals surface area contributed by atoms with E-state index in [-0.39, 0.29) is 11.6 Å². The third-order valence-electron chi connectivity index (χ3n) is 2.80. The Balaban J connectivity index is 2.20. The Labute approximate surface area is 102 Å². The third-order valence-corrected chi connectivity index (χ3v) is 3.95. The van der Waals surface area contributed by atoms with E-state index in [2.05, 4.69) is 15.9 Å². The first kappa shape index (κ1) is 11.7. The largest absolute Gasteiger partial charge is 0.381 e. The number of halogens is 2. The summed E-state index contributed by atoms with van der Waals surface area (Å²) in [4.78, 5) is 12.2. The van der Waals surface area contributed by atoms with Crippen molar-refractivity contribution in [3.05, 3.63) is 35.6 Å². The van der Waals surface area contributed by atoms with E-state index >= 15 is 0 Å². The van der Waals surface area contributed by atoms with Crippen molar-refractivity contribution in [3.8, 4) is 0 Å². The molecule has 0 bridgehead atoms. The van der Waals surface area contributed by atoms with Gasteiger partial charge in [-0.1, -0.05) is 15.9 Å². The Hall–Kier alpha value is -0.740. The third kappa shape index (κ3) is 2.33. The van der Waals surface area contributed by atoms with Crippen LogP contribution in [0.2, 0.25) is 0 Å². The van der Waals surface area contributed by atoms with E-state index in [9.17, 15) is 9.18 Å². The van der Waals surface area contributed by atoms with Crippen molar-refractivity contribution >= 4 is 21.7 Å². The van der Waals surface area contributed by atoms with Gasteiger partial charge in [-0.25, -0.2) is 4.39 Å². The van der Waals surface area contributed by atoms with Gasteiger partial charge in [0.25, 0.3) is 0 Å². The molecular weight excluding hydrogens is 275 g/mol. The van der Waals surface area contributed by atoms with Crippen LogP contribution in [-0.2, 0) is 4.74 Å². The number of alkyl halides is 1. The lowest BCUT2D eigenvalue weighted by atomic mass is 9.91. The molecule has 0 amide bonds. The summed E-state index contributed by atoms with van der Waals surface area (Å²) in [5, 5.41) is 0. The molecule has 2 nitrogen and oxygen atoms in total. The zero-order valence-corrected chi connectivity index (χ0v) is 10.3. The summed E-state index contributed by atoms with van der Waals surface area (Å²) in [5.41, 5.74) is 0.542. The van der Waals surface area contributed by atoms with Gasteiger partial charge >= 0.3 is 0 Å². The summed E-state index contributed by atoms with van der Waals surface area (Å²) in [6.07, 6.45) is 1.31. The number of carbonyl (C=O) groups excluding carboxylic acids is 1. The minimum atomic E-state index is -0.539. The molecule has 0 atom stereocenters. The first-order valence-electron chi connectivity index (χ1n) is 5.19. The Bertz CT molecular complexity index is 383. The first-order valence-corrected chi connectivity index (χ1v) is 5.98. The maximum Gasteiger partial charge on any atom is 0.179 e. The fourth-order valence-electron chi connectivity index (χ4n) is 1.78. The quantitative estimate of drug-likeness (QED) is 0.617. The second kappa shape index (κ2) is 4.63. The highest BCUT2D eigenvalue weighted by Crippen LogP contribution is 2.33. The van der Waals surface area contributed by atoms with Gasteiger partial charge in [0.15, 0.2) is 5.78 Å². The molecule has 1 aliphatic rings. The zero-order valence-electron chi connectivity index (χ0n) is 8.71. The van der Waals surface area contributed by atoms with Crippen molar-refractivity contribution in [2.75, 3.05) is 13.2 Å². The maximum atomic E-state index is 12.7. The zero-order chi connectivity index (χ0) is 11.6. The standard InChI is InChI=1S/C12H12BrFO2/c13-12(5-7-16-8-6-12)11(15)9-1-3-10(14)4-2-9/h1-4H,5-8H2. The number of carbonyl (C=O) groups is 1. The topological polar surface area (TPSA) is 26.3 Å². The lowest BCUT2D eigenvalue weighted by Crippen LogP contribution is -2.38. The smallest absolute Gasteiger partial charge is 0.179 e. The molecule has 0 spiro atoms. The van der Waals surface area contributed by atoms with Gasteiger partial charge in [0.2, 0.25) is 0 Å². The van der Waals surface area contributed by atoms with Gasteiger partial charge in [-0.05, 0) is 37.1 Å². The molecule has 1 saturated heterocycles. The molecule has 1 fully saturated rings. The van der Waals surface area contributed by atoms with Gasteiger partial charge in [-0.3, -0.25) is 4.79 Å². The molecule has 1 aliphatic heterocycles. The second-order valence-electron chi connectivity index (χ2n) is 3.91. The van der Waals surface area contributed by atoms with Crippen LogP contribution in [0, 0.1) is 5.82 Å². The number of ketones is 1. The molecular formula is C12H12BrFO2. The Morgan fingerprint density at radius 2 is 1.81 bits per heavy atom. The van der Waals surface area contributed by atoms with Gasteiger partial charge in [-0.15, -0.1) is 0 Å². The van der Waals surface area contributed by atoms with Crippen LogP contribution in [0.1, 0.15) is 23.2 Å². The molecule has 0 N–H and O–H groups in total. The van der Waals surface area contributed by atoms with Crippen LogP contribution >= 0.6 is 15.9 Å². The summed E-state index contributed by atoms with van der Waals surface area (Å²) in [7, 11) is 0. The summed E-state index contributed by atoms with van der Waals surface area (Å²) < 4.78 is 17.4. The van der Waals surface area contributed by atoms with E-state index in [0.717, 1.165) is 0 Å². The van der Waals surface area contributed by atoms with Crippen molar-refractivity contribution in [1.29, 1.82) is 0 Å². The molecule has 2 rings (SSSR count). The number of Topliss-reactive ketones (excluding diaryl/α,β-unsaturated/α-hetero) is 1. The van der Waals surface area contributed by atoms with E-state index in [4.69, 9.17) is 4.74 Å². The number of benzene rings is 1. The van der Waals surface area contributed by atoms with Crippen molar-refractivity contribution in [1.82, 2.24) is 0 Å². The van der Waals surface area contributed by atoms with Crippen molar-refractivity contribution in [2.45, 2.75) is 17.2 Å². The van der Waals surface area contributed by atoms with E-state index in [0.29, 0.717) is 31.6 Å². The first-order chi connectivity index (χ1) is 7.62. The monoisotopic (exact) mass is 286 g/mol. The van der Waals surface area contributed by atoms with E-state index in [1.807, 2.05) is 0 Å². The number of hydrogen-bond donors (Lipinski definition) is 0. The number of hydrogen-bond acceptors (Lipinski definition) is 2. The van der Waals surface area contributed by atoms with E-state index < -0.39 is 4.32 Å². The minimum Gasteiger partial charge on any atom is -0.381 e. The second-order valence-corrected chi connectivity index (χ2v) is 5.43. The summed E-state index contributed by atoms with van der Waals surface area (Å²) in [6, 6.07) is 5.66. The van der Waals surface area contributed by atoms with Crippen LogP contribution in [0.25, 0.3) is 0 Å².